The summed E-state index contributed by atoms with van der Waals surface area (Å²) >= 11 is 1.60. The molecule has 112 valence electrons. The van der Waals surface area contributed by atoms with Gasteiger partial charge in [-0.1, -0.05) is 0 Å². The van der Waals surface area contributed by atoms with Gasteiger partial charge in [-0.3, -0.25) is 0 Å². The first-order valence-corrected chi connectivity index (χ1v) is 7.27. The van der Waals surface area contributed by atoms with Gasteiger partial charge in [0, 0.05) is 26.2 Å². The Labute approximate surface area is 122 Å². The molecule has 0 aromatic carbocycles. The molecule has 0 radical (unpaired) electrons. The van der Waals surface area contributed by atoms with Gasteiger partial charge in [-0.25, -0.2) is 9.59 Å². The van der Waals surface area contributed by atoms with Crippen LogP contribution in [0.5, 0.6) is 0 Å². The maximum Gasteiger partial charge on any atom is 0.326 e. The number of carboxylic acid groups (broad SMARTS) is 1. The summed E-state index contributed by atoms with van der Waals surface area (Å²) in [4.78, 5) is 22.7. The van der Waals surface area contributed by atoms with Crippen molar-refractivity contribution in [2.75, 3.05) is 13.7 Å². The molecule has 0 bridgehead atoms. The average Bonchev–Trinajstić information content (AvgIpc) is 2.86. The summed E-state index contributed by atoms with van der Waals surface area (Å²) in [6, 6.07) is 0.514. The minimum Gasteiger partial charge on any atom is -0.480 e. The van der Waals surface area contributed by atoms with Crippen LogP contribution in [0, 0.1) is 0 Å². The summed E-state index contributed by atoms with van der Waals surface area (Å²) in [6.45, 7) is 2.16. The molecule has 0 aliphatic heterocycles. The molecule has 6 nitrogen and oxygen atoms in total. The Balaban J connectivity index is 2.38. The van der Waals surface area contributed by atoms with Crippen molar-refractivity contribution in [2.24, 2.45) is 0 Å². The van der Waals surface area contributed by atoms with E-state index in [1.807, 2.05) is 23.8 Å². The smallest absolute Gasteiger partial charge is 0.326 e. The van der Waals surface area contributed by atoms with Gasteiger partial charge in [0.15, 0.2) is 0 Å². The summed E-state index contributed by atoms with van der Waals surface area (Å²) in [7, 11) is 1.49. The van der Waals surface area contributed by atoms with E-state index in [2.05, 4.69) is 10.6 Å². The Hall–Kier alpha value is -1.60. The van der Waals surface area contributed by atoms with Gasteiger partial charge in [0.05, 0.1) is 0 Å². The van der Waals surface area contributed by atoms with Gasteiger partial charge in [0.1, 0.15) is 6.04 Å². The maximum atomic E-state index is 11.7. The Bertz CT molecular complexity index is 422. The van der Waals surface area contributed by atoms with E-state index in [1.165, 1.54) is 7.11 Å². The second-order valence-electron chi connectivity index (χ2n) is 4.53. The monoisotopic (exact) mass is 300 g/mol. The Morgan fingerprint density at radius 1 is 1.45 bits per heavy atom. The van der Waals surface area contributed by atoms with Gasteiger partial charge in [0.25, 0.3) is 0 Å². The second-order valence-corrected chi connectivity index (χ2v) is 5.31. The summed E-state index contributed by atoms with van der Waals surface area (Å²) in [6.07, 6.45) is 0.949. The molecular formula is C13H20N2O4S. The van der Waals surface area contributed by atoms with E-state index >= 15 is 0 Å². The van der Waals surface area contributed by atoms with E-state index < -0.39 is 18.0 Å². The molecule has 7 heteroatoms. The zero-order valence-corrected chi connectivity index (χ0v) is 12.4. The molecule has 0 aliphatic rings. The number of aliphatic carboxylic acids is 1. The number of nitrogens with one attached hydrogen (secondary N) is 2. The fourth-order valence-electron chi connectivity index (χ4n) is 1.73. The van der Waals surface area contributed by atoms with Crippen LogP contribution in [0.4, 0.5) is 4.79 Å². The zero-order chi connectivity index (χ0) is 15.0. The van der Waals surface area contributed by atoms with Crippen molar-refractivity contribution >= 4 is 23.3 Å². The first kappa shape index (κ1) is 16.5. The fraction of sp³-hybridized carbons (Fsp3) is 0.538. The maximum absolute atomic E-state index is 11.7. The van der Waals surface area contributed by atoms with Gasteiger partial charge in [0.2, 0.25) is 0 Å². The normalized spacial score (nSPS) is 13.5. The number of hydrogen-bond acceptors (Lipinski definition) is 4. The van der Waals surface area contributed by atoms with Crippen LogP contribution in [0.1, 0.15) is 18.9 Å². The molecule has 0 fully saturated rings. The largest absolute Gasteiger partial charge is 0.480 e. The Morgan fingerprint density at radius 3 is 2.75 bits per heavy atom. The van der Waals surface area contributed by atoms with E-state index in [0.29, 0.717) is 6.42 Å². The number of carboxylic acids is 1. The molecular weight excluding hydrogens is 280 g/mol. The highest BCUT2D eigenvalue weighted by atomic mass is 32.1. The topological polar surface area (TPSA) is 87.7 Å². The third-order valence-corrected chi connectivity index (χ3v) is 3.45. The quantitative estimate of drug-likeness (QED) is 0.678. The summed E-state index contributed by atoms with van der Waals surface area (Å²) in [5.41, 5.74) is 1.15. The second kappa shape index (κ2) is 8.55. The van der Waals surface area contributed by atoms with Gasteiger partial charge < -0.3 is 20.5 Å². The van der Waals surface area contributed by atoms with Crippen molar-refractivity contribution in [1.29, 1.82) is 0 Å². The van der Waals surface area contributed by atoms with Crippen LogP contribution in [0.15, 0.2) is 16.8 Å². The number of urea groups is 1. The lowest BCUT2D eigenvalue weighted by atomic mass is 10.1. The molecule has 0 saturated carbocycles. The van der Waals surface area contributed by atoms with E-state index in [-0.39, 0.29) is 19.1 Å². The fourth-order valence-corrected chi connectivity index (χ4v) is 2.41. The highest BCUT2D eigenvalue weighted by molar-refractivity contribution is 7.07. The van der Waals surface area contributed by atoms with Crippen LogP contribution in [0.3, 0.4) is 0 Å². The van der Waals surface area contributed by atoms with Crippen LogP contribution in [0.2, 0.25) is 0 Å². The molecule has 1 aromatic heterocycles. The van der Waals surface area contributed by atoms with Crippen LogP contribution < -0.4 is 10.6 Å². The number of thiophene rings is 1. The molecule has 2 unspecified atom stereocenters. The Kier molecular flexibility index (Phi) is 7.03. The van der Waals surface area contributed by atoms with Crippen molar-refractivity contribution < 1.29 is 19.4 Å². The number of carbonyl (C=O) groups excluding carboxylic acids is 1. The first-order valence-electron chi connectivity index (χ1n) is 6.32. The van der Waals surface area contributed by atoms with Crippen molar-refractivity contribution in [3.05, 3.63) is 22.4 Å². The summed E-state index contributed by atoms with van der Waals surface area (Å²) < 4.78 is 4.82. The molecule has 3 N–H and O–H groups in total. The predicted octanol–water partition coefficient (Wildman–Crippen LogP) is 1.47. The number of methoxy groups -OCH3 is 1. The minimum atomic E-state index is -1.07. The molecule has 2 amide bonds. The predicted molar refractivity (Wildman–Crippen MR) is 77.1 cm³/mol. The standard InChI is InChI=1S/C13H20N2O4S/c1-9(7-10-4-6-20-8-10)14-13(18)15-11(12(16)17)3-5-19-2/h4,6,8-9,11H,3,5,7H2,1-2H3,(H,16,17)(H2,14,15,18). The van der Waals surface area contributed by atoms with Gasteiger partial charge in [-0.15, -0.1) is 0 Å². The van der Waals surface area contributed by atoms with E-state index in [9.17, 15) is 9.59 Å². The summed E-state index contributed by atoms with van der Waals surface area (Å²) in [5, 5.41) is 18.2. The van der Waals surface area contributed by atoms with Crippen LogP contribution >= 0.6 is 11.3 Å². The first-order chi connectivity index (χ1) is 9.52. The van der Waals surface area contributed by atoms with Crippen molar-refractivity contribution in [3.63, 3.8) is 0 Å². The molecule has 1 rings (SSSR count). The molecule has 0 spiro atoms. The van der Waals surface area contributed by atoms with E-state index in [4.69, 9.17) is 9.84 Å². The number of amides is 2. The number of carbonyl (C=O) groups is 2. The molecule has 20 heavy (non-hydrogen) atoms. The van der Waals surface area contributed by atoms with E-state index in [1.54, 1.807) is 11.3 Å². The highest BCUT2D eigenvalue weighted by Crippen LogP contribution is 2.08. The zero-order valence-electron chi connectivity index (χ0n) is 11.6. The molecule has 0 aliphatic carbocycles. The number of rotatable bonds is 8. The number of ether oxygens (including phenoxy) is 1. The van der Waals surface area contributed by atoms with Crippen LogP contribution in [0.25, 0.3) is 0 Å². The Morgan fingerprint density at radius 2 is 2.20 bits per heavy atom. The third-order valence-electron chi connectivity index (χ3n) is 2.71. The van der Waals surface area contributed by atoms with Crippen LogP contribution in [-0.4, -0.2) is 42.9 Å². The lowest BCUT2D eigenvalue weighted by Gasteiger charge is -2.18. The number of hydrogen-bond donors (Lipinski definition) is 3. The SMILES string of the molecule is COCCC(NC(=O)NC(C)Cc1ccsc1)C(=O)O. The lowest BCUT2D eigenvalue weighted by Crippen LogP contribution is -2.49. The minimum absolute atomic E-state index is 0.0681. The highest BCUT2D eigenvalue weighted by Gasteiger charge is 2.20. The summed E-state index contributed by atoms with van der Waals surface area (Å²) in [5.74, 6) is -1.07. The third kappa shape index (κ3) is 6.03. The molecule has 0 saturated heterocycles. The molecule has 1 aromatic rings. The van der Waals surface area contributed by atoms with Crippen molar-refractivity contribution in [2.45, 2.75) is 31.8 Å². The van der Waals surface area contributed by atoms with Crippen LogP contribution in [-0.2, 0) is 16.0 Å². The molecule has 1 heterocycles. The van der Waals surface area contributed by atoms with Crippen molar-refractivity contribution in [1.82, 2.24) is 10.6 Å². The van der Waals surface area contributed by atoms with Gasteiger partial charge in [-0.2, -0.15) is 11.3 Å². The lowest BCUT2D eigenvalue weighted by molar-refractivity contribution is -0.139. The molecule has 2 atom stereocenters. The van der Waals surface area contributed by atoms with E-state index in [0.717, 1.165) is 5.56 Å². The van der Waals surface area contributed by atoms with Gasteiger partial charge in [-0.05, 0) is 35.7 Å². The average molecular weight is 300 g/mol. The van der Waals surface area contributed by atoms with Crippen molar-refractivity contribution in [3.8, 4) is 0 Å². The van der Waals surface area contributed by atoms with Gasteiger partial charge >= 0.3 is 12.0 Å².